The first-order valence-electron chi connectivity index (χ1n) is 12.0. The highest BCUT2D eigenvalue weighted by Crippen LogP contribution is 2.57. The zero-order valence-electron chi connectivity index (χ0n) is 19.9. The number of alkyl halides is 2. The Bertz CT molecular complexity index is 1440. The van der Waals surface area contributed by atoms with Crippen molar-refractivity contribution in [3.05, 3.63) is 74.8 Å². The van der Waals surface area contributed by atoms with Crippen molar-refractivity contribution >= 4 is 38.8 Å². The van der Waals surface area contributed by atoms with Crippen molar-refractivity contribution in [2.24, 2.45) is 0 Å². The third-order valence-corrected chi connectivity index (χ3v) is 9.45. The van der Waals surface area contributed by atoms with Crippen molar-refractivity contribution in [3.8, 4) is 0 Å². The van der Waals surface area contributed by atoms with Gasteiger partial charge in [0.25, 0.3) is 0 Å². The van der Waals surface area contributed by atoms with Crippen LogP contribution in [-0.2, 0) is 32.9 Å². The van der Waals surface area contributed by atoms with Crippen molar-refractivity contribution in [3.63, 3.8) is 0 Å². The van der Waals surface area contributed by atoms with E-state index < -0.39 is 27.1 Å². The number of nitrogens with zero attached hydrogens (tertiary/aromatic N) is 2. The second-order valence-electron chi connectivity index (χ2n) is 9.87. The van der Waals surface area contributed by atoms with Crippen LogP contribution >= 0.6 is 23.2 Å². The van der Waals surface area contributed by atoms with Crippen LogP contribution in [0.3, 0.4) is 0 Å². The minimum atomic E-state index is -3.30. The maximum atomic E-state index is 13.2. The predicted molar refractivity (Wildman–Crippen MR) is 134 cm³/mol. The molecule has 37 heavy (non-hydrogen) atoms. The number of carbonyl (C=O) groups excluding carboxylic acids is 1. The lowest BCUT2D eigenvalue weighted by molar-refractivity contribution is -0.117. The molecular formula is C26H24Cl2F2N2O4S. The van der Waals surface area contributed by atoms with E-state index in [1.54, 1.807) is 31.2 Å². The van der Waals surface area contributed by atoms with E-state index in [0.717, 1.165) is 0 Å². The monoisotopic (exact) mass is 568 g/mol. The highest BCUT2D eigenvalue weighted by molar-refractivity contribution is 7.91. The first kappa shape index (κ1) is 26.3. The van der Waals surface area contributed by atoms with Crippen molar-refractivity contribution in [1.82, 2.24) is 10.1 Å². The van der Waals surface area contributed by atoms with Gasteiger partial charge in [-0.1, -0.05) is 47.4 Å². The molecule has 2 aliphatic carbocycles. The molecule has 0 bridgehead atoms. The lowest BCUT2D eigenvalue weighted by atomic mass is 9.81. The summed E-state index contributed by atoms with van der Waals surface area (Å²) in [6.07, 6.45) is 1.02. The van der Waals surface area contributed by atoms with Gasteiger partial charge < -0.3 is 4.52 Å². The third-order valence-electron chi connectivity index (χ3n) is 7.10. The zero-order chi connectivity index (χ0) is 26.6. The lowest BCUT2D eigenvalue weighted by Gasteiger charge is -2.32. The Balaban J connectivity index is 1.29. The van der Waals surface area contributed by atoms with Crippen LogP contribution in [0.15, 0.2) is 45.8 Å². The number of aromatic nitrogens is 2. The molecule has 0 spiro atoms. The van der Waals surface area contributed by atoms with Crippen LogP contribution in [0.5, 0.6) is 0 Å². The van der Waals surface area contributed by atoms with Gasteiger partial charge in [0.15, 0.2) is 15.7 Å². The Morgan fingerprint density at radius 2 is 1.65 bits per heavy atom. The maximum Gasteiger partial charge on any atom is 0.249 e. The largest absolute Gasteiger partial charge is 0.339 e. The van der Waals surface area contributed by atoms with E-state index in [1.807, 2.05) is 0 Å². The summed E-state index contributed by atoms with van der Waals surface area (Å²) < 4.78 is 55.7. The standard InChI is InChI=1S/C26H24Cl2F2N2O4S/c1-2-37(34,35)19-5-3-15(4-6-19)9-18(33)10-16-11-20(27)22(21(28)12-16)25(7-8-25)24-31-23(36-32-24)17-13-26(29,30)14-17/h3-6,11-12,17H,2,7-10,13-14H2,1H3. The number of hydrogen-bond acceptors (Lipinski definition) is 6. The molecule has 0 saturated heterocycles. The summed E-state index contributed by atoms with van der Waals surface area (Å²) in [5.74, 6) is -2.60. The molecule has 11 heteroatoms. The molecule has 2 fully saturated rings. The second-order valence-corrected chi connectivity index (χ2v) is 13.0. The van der Waals surface area contributed by atoms with Crippen molar-refractivity contribution < 1.29 is 26.5 Å². The molecule has 1 aromatic heterocycles. The zero-order valence-corrected chi connectivity index (χ0v) is 22.3. The summed E-state index contributed by atoms with van der Waals surface area (Å²) >= 11 is 13.3. The molecule has 0 amide bonds. The number of ketones is 1. The second kappa shape index (κ2) is 9.43. The Kier molecular flexibility index (Phi) is 6.69. The van der Waals surface area contributed by atoms with Gasteiger partial charge in [-0.25, -0.2) is 17.2 Å². The van der Waals surface area contributed by atoms with E-state index >= 15 is 0 Å². The van der Waals surface area contributed by atoms with Crippen LogP contribution in [-0.4, -0.2) is 36.0 Å². The first-order chi connectivity index (χ1) is 17.4. The van der Waals surface area contributed by atoms with Crippen molar-refractivity contribution in [1.29, 1.82) is 0 Å². The Morgan fingerprint density at radius 1 is 1.05 bits per heavy atom. The number of carbonyl (C=O) groups is 1. The van der Waals surface area contributed by atoms with Gasteiger partial charge in [-0.2, -0.15) is 4.98 Å². The van der Waals surface area contributed by atoms with E-state index in [1.165, 1.54) is 12.1 Å². The van der Waals surface area contributed by atoms with Gasteiger partial charge in [0, 0.05) is 47.2 Å². The number of benzene rings is 2. The molecule has 0 aliphatic heterocycles. The third kappa shape index (κ3) is 5.18. The molecule has 0 atom stereocenters. The Labute approximate surface area is 223 Å². The number of sulfone groups is 1. The van der Waals surface area contributed by atoms with Gasteiger partial charge in [0.05, 0.1) is 16.1 Å². The summed E-state index contributed by atoms with van der Waals surface area (Å²) in [6.45, 7) is 1.58. The number of Topliss-reactive ketones (excluding diaryl/α,β-unsaturated/α-hetero) is 1. The number of halogens is 4. The van der Waals surface area contributed by atoms with Crippen molar-refractivity contribution in [2.75, 3.05) is 5.75 Å². The van der Waals surface area contributed by atoms with E-state index in [4.69, 9.17) is 27.7 Å². The topological polar surface area (TPSA) is 90.1 Å². The van der Waals surface area contributed by atoms with Crippen molar-refractivity contribution in [2.45, 2.75) is 67.6 Å². The number of rotatable bonds is 9. The minimum absolute atomic E-state index is 0.0113. The minimum Gasteiger partial charge on any atom is -0.339 e. The Morgan fingerprint density at radius 3 is 2.19 bits per heavy atom. The molecule has 2 saturated carbocycles. The van der Waals surface area contributed by atoms with Gasteiger partial charge >= 0.3 is 0 Å². The van der Waals surface area contributed by atoms with Crippen LogP contribution in [0.2, 0.25) is 10.0 Å². The van der Waals surface area contributed by atoms with Crippen LogP contribution in [0, 0.1) is 0 Å². The molecular weight excluding hydrogens is 545 g/mol. The van der Waals surface area contributed by atoms with Crippen LogP contribution in [0.25, 0.3) is 0 Å². The molecule has 5 rings (SSSR count). The fourth-order valence-electron chi connectivity index (χ4n) is 4.83. The SMILES string of the molecule is CCS(=O)(=O)c1ccc(CC(=O)Cc2cc(Cl)c(C3(c4noc(C5CC(F)(F)C5)n4)CC3)c(Cl)c2)cc1. The molecule has 6 nitrogen and oxygen atoms in total. The first-order valence-corrected chi connectivity index (χ1v) is 14.4. The van der Waals surface area contributed by atoms with Crippen LogP contribution in [0.4, 0.5) is 8.78 Å². The van der Waals surface area contributed by atoms with E-state index in [-0.39, 0.29) is 48.0 Å². The normalized spacial score (nSPS) is 18.4. The smallest absolute Gasteiger partial charge is 0.249 e. The Hall–Kier alpha value is -2.36. The number of hydrogen-bond donors (Lipinski definition) is 0. The van der Waals surface area contributed by atoms with Crippen LogP contribution in [0.1, 0.15) is 66.9 Å². The van der Waals surface area contributed by atoms with Gasteiger partial charge in [-0.3, -0.25) is 4.79 Å². The summed E-state index contributed by atoms with van der Waals surface area (Å²) in [5.41, 5.74) is 1.37. The van der Waals surface area contributed by atoms with E-state index in [2.05, 4.69) is 10.1 Å². The summed E-state index contributed by atoms with van der Waals surface area (Å²) in [5, 5.41) is 4.82. The molecule has 2 aromatic carbocycles. The summed E-state index contributed by atoms with van der Waals surface area (Å²) in [4.78, 5) is 17.4. The van der Waals surface area contributed by atoms with Gasteiger partial charge in [-0.05, 0) is 48.2 Å². The average molecular weight is 569 g/mol. The van der Waals surface area contributed by atoms with Gasteiger partial charge in [0.2, 0.25) is 11.8 Å². The predicted octanol–water partition coefficient (Wildman–Crippen LogP) is 6.12. The molecule has 3 aromatic rings. The van der Waals surface area contributed by atoms with E-state index in [0.29, 0.717) is 45.4 Å². The van der Waals surface area contributed by atoms with Crippen LogP contribution < -0.4 is 0 Å². The molecule has 0 N–H and O–H groups in total. The summed E-state index contributed by atoms with van der Waals surface area (Å²) in [7, 11) is -3.30. The molecule has 196 valence electrons. The molecule has 2 aliphatic rings. The van der Waals surface area contributed by atoms with Gasteiger partial charge in [-0.15, -0.1) is 0 Å². The molecule has 1 heterocycles. The van der Waals surface area contributed by atoms with Gasteiger partial charge in [0.1, 0.15) is 5.78 Å². The summed E-state index contributed by atoms with van der Waals surface area (Å²) in [6, 6.07) is 9.71. The fraction of sp³-hybridized carbons (Fsp3) is 0.423. The molecule has 0 radical (unpaired) electrons. The van der Waals surface area contributed by atoms with E-state index in [9.17, 15) is 22.0 Å². The highest BCUT2D eigenvalue weighted by atomic mass is 35.5. The molecule has 0 unspecified atom stereocenters. The maximum absolute atomic E-state index is 13.2. The quantitative estimate of drug-likeness (QED) is 0.309. The average Bonchev–Trinajstić information content (AvgIpc) is 3.44. The lowest BCUT2D eigenvalue weighted by Crippen LogP contribution is -2.33. The fourth-order valence-corrected chi connectivity index (χ4v) is 6.60. The highest BCUT2D eigenvalue weighted by Gasteiger charge is 2.54.